The van der Waals surface area contributed by atoms with Gasteiger partial charge in [0.05, 0.1) is 5.88 Å². The van der Waals surface area contributed by atoms with Crippen molar-refractivity contribution in [3.05, 3.63) is 12.2 Å². The maximum Gasteiger partial charge on any atom is 0.147 e. The molecule has 0 aliphatic rings. The molecule has 1 heterocycles. The van der Waals surface area contributed by atoms with E-state index in [1.165, 1.54) is 0 Å². The second kappa shape index (κ2) is 3.44. The Morgan fingerprint density at radius 3 is 2.67 bits per heavy atom. The van der Waals surface area contributed by atoms with Crippen molar-refractivity contribution in [3.8, 4) is 0 Å². The van der Waals surface area contributed by atoms with Crippen molar-refractivity contribution in [2.45, 2.75) is 33.2 Å². The first-order valence-corrected chi connectivity index (χ1v) is 4.49. The molecule has 0 radical (unpaired) electrons. The number of aromatic nitrogens is 3. The molecular weight excluding hydrogens is 174 g/mol. The van der Waals surface area contributed by atoms with Gasteiger partial charge < -0.3 is 4.57 Å². The maximum absolute atomic E-state index is 5.68. The molecule has 0 fully saturated rings. The van der Waals surface area contributed by atoms with Crippen molar-refractivity contribution in [2.75, 3.05) is 0 Å². The summed E-state index contributed by atoms with van der Waals surface area (Å²) in [5.41, 5.74) is 0.239. The zero-order valence-corrected chi connectivity index (χ0v) is 8.47. The van der Waals surface area contributed by atoms with E-state index >= 15 is 0 Å². The topological polar surface area (TPSA) is 30.7 Å². The van der Waals surface area contributed by atoms with Gasteiger partial charge in [-0.3, -0.25) is 0 Å². The van der Waals surface area contributed by atoms with Gasteiger partial charge in [0.15, 0.2) is 0 Å². The molecular formula is C8H14ClN3. The standard InChI is InChI=1S/C8H14ClN3/c1-8(2,3)5-12-6-10-11-7(12)4-9/h6H,4-5H2,1-3H3. The zero-order chi connectivity index (χ0) is 9.19. The van der Waals surface area contributed by atoms with Crippen molar-refractivity contribution in [2.24, 2.45) is 5.41 Å². The largest absolute Gasteiger partial charge is 0.316 e. The lowest BCUT2D eigenvalue weighted by Gasteiger charge is -2.19. The van der Waals surface area contributed by atoms with Crippen molar-refractivity contribution >= 4 is 11.6 Å². The Bertz CT molecular complexity index is 249. The van der Waals surface area contributed by atoms with Crippen LogP contribution in [-0.4, -0.2) is 14.8 Å². The molecule has 1 aromatic heterocycles. The quantitative estimate of drug-likeness (QED) is 0.664. The van der Waals surface area contributed by atoms with E-state index < -0.39 is 0 Å². The molecule has 0 unspecified atom stereocenters. The van der Waals surface area contributed by atoms with Crippen LogP contribution in [0.15, 0.2) is 6.33 Å². The SMILES string of the molecule is CC(C)(C)Cn1cnnc1CCl. The molecule has 12 heavy (non-hydrogen) atoms. The van der Waals surface area contributed by atoms with Crippen molar-refractivity contribution in [3.63, 3.8) is 0 Å². The van der Waals surface area contributed by atoms with Gasteiger partial charge in [0.1, 0.15) is 12.2 Å². The third kappa shape index (κ3) is 2.48. The van der Waals surface area contributed by atoms with Gasteiger partial charge >= 0.3 is 0 Å². The summed E-state index contributed by atoms with van der Waals surface area (Å²) in [6, 6.07) is 0. The van der Waals surface area contributed by atoms with Crippen molar-refractivity contribution in [1.29, 1.82) is 0 Å². The molecule has 0 aromatic carbocycles. The fourth-order valence-corrected chi connectivity index (χ4v) is 1.23. The summed E-state index contributed by atoms with van der Waals surface area (Å²) in [5, 5.41) is 7.71. The number of alkyl halides is 1. The van der Waals surface area contributed by atoms with Gasteiger partial charge in [-0.05, 0) is 5.41 Å². The van der Waals surface area contributed by atoms with Gasteiger partial charge in [-0.15, -0.1) is 21.8 Å². The summed E-state index contributed by atoms with van der Waals surface area (Å²) in [5.74, 6) is 1.27. The highest BCUT2D eigenvalue weighted by molar-refractivity contribution is 6.16. The molecule has 0 saturated carbocycles. The van der Waals surface area contributed by atoms with Crippen LogP contribution in [0.4, 0.5) is 0 Å². The minimum Gasteiger partial charge on any atom is -0.316 e. The monoisotopic (exact) mass is 187 g/mol. The predicted molar refractivity (Wildman–Crippen MR) is 49.0 cm³/mol. The second-order valence-corrected chi connectivity index (χ2v) is 4.34. The number of nitrogens with zero attached hydrogens (tertiary/aromatic N) is 3. The smallest absolute Gasteiger partial charge is 0.147 e. The molecule has 4 heteroatoms. The molecule has 0 bridgehead atoms. The average molecular weight is 188 g/mol. The summed E-state index contributed by atoms with van der Waals surface area (Å²) in [6.45, 7) is 7.42. The van der Waals surface area contributed by atoms with Crippen LogP contribution in [-0.2, 0) is 12.4 Å². The van der Waals surface area contributed by atoms with Gasteiger partial charge in [-0.2, -0.15) is 0 Å². The van der Waals surface area contributed by atoms with Crippen LogP contribution >= 0.6 is 11.6 Å². The van der Waals surface area contributed by atoms with E-state index in [1.54, 1.807) is 6.33 Å². The molecule has 3 nitrogen and oxygen atoms in total. The van der Waals surface area contributed by atoms with Crippen molar-refractivity contribution in [1.82, 2.24) is 14.8 Å². The molecule has 1 aromatic rings. The Hall–Kier alpha value is -0.570. The lowest BCUT2D eigenvalue weighted by molar-refractivity contribution is 0.339. The summed E-state index contributed by atoms with van der Waals surface area (Å²) in [4.78, 5) is 0. The lowest BCUT2D eigenvalue weighted by atomic mass is 9.97. The average Bonchev–Trinajstić information content (AvgIpc) is 2.31. The Labute approximate surface area is 77.8 Å². The third-order valence-corrected chi connectivity index (χ3v) is 1.70. The van der Waals surface area contributed by atoms with Crippen LogP contribution in [0, 0.1) is 5.41 Å². The normalized spacial score (nSPS) is 12.0. The molecule has 0 spiro atoms. The summed E-state index contributed by atoms with van der Waals surface area (Å²) in [7, 11) is 0. The first kappa shape index (κ1) is 9.52. The number of hydrogen-bond acceptors (Lipinski definition) is 2. The van der Waals surface area contributed by atoms with Crippen LogP contribution in [0.25, 0.3) is 0 Å². The van der Waals surface area contributed by atoms with Gasteiger partial charge in [0, 0.05) is 6.54 Å². The highest BCUT2D eigenvalue weighted by Crippen LogP contribution is 2.17. The molecule has 0 atom stereocenters. The zero-order valence-electron chi connectivity index (χ0n) is 7.71. The number of hydrogen-bond donors (Lipinski definition) is 0. The van der Waals surface area contributed by atoms with Crippen LogP contribution in [0.2, 0.25) is 0 Å². The van der Waals surface area contributed by atoms with E-state index in [0.717, 1.165) is 12.4 Å². The Morgan fingerprint density at radius 2 is 2.17 bits per heavy atom. The van der Waals surface area contributed by atoms with E-state index in [2.05, 4.69) is 31.0 Å². The fraction of sp³-hybridized carbons (Fsp3) is 0.750. The van der Waals surface area contributed by atoms with Crippen LogP contribution in [0.1, 0.15) is 26.6 Å². The van der Waals surface area contributed by atoms with E-state index in [1.807, 2.05) is 4.57 Å². The summed E-state index contributed by atoms with van der Waals surface area (Å²) in [6.07, 6.45) is 1.73. The third-order valence-electron chi connectivity index (χ3n) is 1.46. The highest BCUT2D eigenvalue weighted by atomic mass is 35.5. The molecule has 0 aliphatic heterocycles. The fourth-order valence-electron chi connectivity index (χ4n) is 1.03. The van der Waals surface area contributed by atoms with Crippen LogP contribution in [0.3, 0.4) is 0 Å². The Kier molecular flexibility index (Phi) is 2.73. The minimum atomic E-state index is 0.239. The van der Waals surface area contributed by atoms with Gasteiger partial charge in [-0.25, -0.2) is 0 Å². The van der Waals surface area contributed by atoms with Crippen LogP contribution < -0.4 is 0 Å². The minimum absolute atomic E-state index is 0.239. The molecule has 1 rings (SSSR count). The maximum atomic E-state index is 5.68. The Balaban J connectivity index is 2.75. The van der Waals surface area contributed by atoms with Crippen LogP contribution in [0.5, 0.6) is 0 Å². The number of halogens is 1. The van der Waals surface area contributed by atoms with Gasteiger partial charge in [0.2, 0.25) is 0 Å². The summed E-state index contributed by atoms with van der Waals surface area (Å²) < 4.78 is 1.99. The van der Waals surface area contributed by atoms with E-state index in [-0.39, 0.29) is 5.41 Å². The molecule has 0 aliphatic carbocycles. The van der Waals surface area contributed by atoms with E-state index in [9.17, 15) is 0 Å². The summed E-state index contributed by atoms with van der Waals surface area (Å²) >= 11 is 5.68. The molecule has 0 amide bonds. The highest BCUT2D eigenvalue weighted by Gasteiger charge is 2.13. The van der Waals surface area contributed by atoms with Gasteiger partial charge in [-0.1, -0.05) is 20.8 Å². The van der Waals surface area contributed by atoms with Gasteiger partial charge in [0.25, 0.3) is 0 Å². The number of rotatable bonds is 2. The lowest BCUT2D eigenvalue weighted by Crippen LogP contribution is -2.16. The Morgan fingerprint density at radius 1 is 1.50 bits per heavy atom. The molecule has 0 saturated heterocycles. The predicted octanol–water partition coefficient (Wildman–Crippen LogP) is 2.06. The van der Waals surface area contributed by atoms with E-state index in [4.69, 9.17) is 11.6 Å². The first-order chi connectivity index (χ1) is 5.53. The first-order valence-electron chi connectivity index (χ1n) is 3.95. The molecule has 68 valence electrons. The second-order valence-electron chi connectivity index (χ2n) is 4.07. The van der Waals surface area contributed by atoms with Crippen molar-refractivity contribution < 1.29 is 0 Å². The van der Waals surface area contributed by atoms with E-state index in [0.29, 0.717) is 5.88 Å². The molecule has 0 N–H and O–H groups in total.